The monoisotopic (exact) mass is 503 g/mol. The van der Waals surface area contributed by atoms with Crippen molar-refractivity contribution in [2.24, 2.45) is 0 Å². The molecule has 9 nitrogen and oxygen atoms in total. The van der Waals surface area contributed by atoms with Gasteiger partial charge < -0.3 is 10.2 Å². The number of piperazine rings is 1. The van der Waals surface area contributed by atoms with Crippen molar-refractivity contribution >= 4 is 34.3 Å². The molecule has 9 heteroatoms. The molecule has 0 unspecified atom stereocenters. The molecule has 3 aromatic heterocycles. The SMILES string of the molecule is CCCCN1CCN(c2ccc(Nc3ncc4c(C)c(C(C)=O)c(=O)n(C5CCCC5)c4n3)nc2)CC1. The van der Waals surface area contributed by atoms with E-state index in [2.05, 4.69) is 38.1 Å². The molecule has 0 spiro atoms. The Balaban J connectivity index is 1.38. The van der Waals surface area contributed by atoms with Gasteiger partial charge in [0, 0.05) is 43.8 Å². The quantitative estimate of drug-likeness (QED) is 0.450. The molecule has 3 aromatic rings. The number of rotatable bonds is 8. The maximum Gasteiger partial charge on any atom is 0.263 e. The average Bonchev–Trinajstić information content (AvgIpc) is 3.42. The molecule has 0 aromatic carbocycles. The summed E-state index contributed by atoms with van der Waals surface area (Å²) in [7, 11) is 0. The Morgan fingerprint density at radius 1 is 1.08 bits per heavy atom. The van der Waals surface area contributed by atoms with Crippen LogP contribution in [0.2, 0.25) is 0 Å². The highest BCUT2D eigenvalue weighted by Gasteiger charge is 2.26. The molecule has 37 heavy (non-hydrogen) atoms. The number of aromatic nitrogens is 4. The Bertz CT molecular complexity index is 1320. The predicted octanol–water partition coefficient (Wildman–Crippen LogP) is 4.48. The second kappa shape index (κ2) is 11.0. The van der Waals surface area contributed by atoms with Gasteiger partial charge in [0.15, 0.2) is 5.78 Å². The number of nitrogens with zero attached hydrogens (tertiary/aromatic N) is 6. The molecule has 2 fully saturated rings. The maximum atomic E-state index is 13.4. The fraction of sp³-hybridized carbons (Fsp3) is 0.536. The number of aryl methyl sites for hydroxylation is 1. The standard InChI is InChI=1S/C28H37N7O2/c1-4-5-12-33-13-15-34(16-14-33)22-10-11-24(29-17-22)31-28-30-18-23-19(2)25(20(3)36)27(37)35(26(23)32-28)21-8-6-7-9-21/h10-11,17-18,21H,4-9,12-16H2,1-3H3,(H,29,30,31,32). The molecule has 5 rings (SSSR count). The van der Waals surface area contributed by atoms with Gasteiger partial charge in [0.1, 0.15) is 11.5 Å². The van der Waals surface area contributed by atoms with Crippen LogP contribution < -0.4 is 15.8 Å². The molecular formula is C28H37N7O2. The number of hydrogen-bond donors (Lipinski definition) is 1. The van der Waals surface area contributed by atoms with E-state index < -0.39 is 0 Å². The van der Waals surface area contributed by atoms with Crippen molar-refractivity contribution in [3.63, 3.8) is 0 Å². The normalized spacial score (nSPS) is 17.0. The lowest BCUT2D eigenvalue weighted by Crippen LogP contribution is -2.46. The van der Waals surface area contributed by atoms with Gasteiger partial charge in [0.25, 0.3) is 5.56 Å². The first-order chi connectivity index (χ1) is 18.0. The van der Waals surface area contributed by atoms with E-state index in [1.165, 1.54) is 26.3 Å². The third-order valence-corrected chi connectivity index (χ3v) is 7.80. The first kappa shape index (κ1) is 25.3. The molecular weight excluding hydrogens is 466 g/mol. The van der Waals surface area contributed by atoms with E-state index in [1.54, 1.807) is 17.7 Å². The van der Waals surface area contributed by atoms with Gasteiger partial charge >= 0.3 is 0 Å². The van der Waals surface area contributed by atoms with Crippen molar-refractivity contribution in [3.8, 4) is 0 Å². The van der Waals surface area contributed by atoms with Gasteiger partial charge in [-0.1, -0.05) is 26.2 Å². The lowest BCUT2D eigenvalue weighted by molar-refractivity contribution is 0.101. The van der Waals surface area contributed by atoms with Gasteiger partial charge in [-0.15, -0.1) is 0 Å². The minimum absolute atomic E-state index is 0.0521. The van der Waals surface area contributed by atoms with E-state index >= 15 is 0 Å². The summed E-state index contributed by atoms with van der Waals surface area (Å²) in [5, 5.41) is 3.95. The van der Waals surface area contributed by atoms with Crippen LogP contribution in [0.1, 0.15) is 74.3 Å². The van der Waals surface area contributed by atoms with Crippen molar-refractivity contribution in [3.05, 3.63) is 46.0 Å². The van der Waals surface area contributed by atoms with E-state index in [0.717, 1.165) is 62.9 Å². The molecule has 1 N–H and O–H groups in total. The molecule has 1 saturated carbocycles. The minimum Gasteiger partial charge on any atom is -0.368 e. The highest BCUT2D eigenvalue weighted by molar-refractivity contribution is 5.99. The van der Waals surface area contributed by atoms with E-state index in [1.807, 2.05) is 12.3 Å². The zero-order valence-electron chi connectivity index (χ0n) is 22.2. The molecule has 0 radical (unpaired) electrons. The van der Waals surface area contributed by atoms with E-state index in [0.29, 0.717) is 23.0 Å². The highest BCUT2D eigenvalue weighted by Crippen LogP contribution is 2.32. The summed E-state index contributed by atoms with van der Waals surface area (Å²) >= 11 is 0. The molecule has 196 valence electrons. The van der Waals surface area contributed by atoms with Gasteiger partial charge in [0.05, 0.1) is 17.4 Å². The number of fused-ring (bicyclic) bond motifs is 1. The van der Waals surface area contributed by atoms with Crippen molar-refractivity contribution in [1.82, 2.24) is 24.4 Å². The van der Waals surface area contributed by atoms with E-state index in [-0.39, 0.29) is 22.9 Å². The Morgan fingerprint density at radius 3 is 2.49 bits per heavy atom. The Kier molecular flexibility index (Phi) is 7.50. The fourth-order valence-corrected chi connectivity index (χ4v) is 5.68. The number of carbonyl (C=O) groups is 1. The summed E-state index contributed by atoms with van der Waals surface area (Å²) < 4.78 is 1.73. The molecule has 1 aliphatic carbocycles. The van der Waals surface area contributed by atoms with Crippen LogP contribution in [-0.4, -0.2) is 62.9 Å². The summed E-state index contributed by atoms with van der Waals surface area (Å²) in [4.78, 5) is 44.5. The molecule has 1 saturated heterocycles. The van der Waals surface area contributed by atoms with Gasteiger partial charge in [-0.3, -0.25) is 19.1 Å². The summed E-state index contributed by atoms with van der Waals surface area (Å²) in [5.74, 6) is 0.819. The summed E-state index contributed by atoms with van der Waals surface area (Å²) in [5.41, 5.74) is 2.33. The predicted molar refractivity (Wildman–Crippen MR) is 147 cm³/mol. The Morgan fingerprint density at radius 2 is 1.84 bits per heavy atom. The Hall–Kier alpha value is -3.33. The van der Waals surface area contributed by atoms with Crippen LogP contribution in [0.25, 0.3) is 11.0 Å². The number of nitrogens with one attached hydrogen (secondary N) is 1. The Labute approximate surface area is 217 Å². The summed E-state index contributed by atoms with van der Waals surface area (Å²) in [6.07, 6.45) is 10.1. The minimum atomic E-state index is -0.244. The smallest absolute Gasteiger partial charge is 0.263 e. The second-order valence-electron chi connectivity index (χ2n) is 10.3. The lowest BCUT2D eigenvalue weighted by atomic mass is 10.0. The third-order valence-electron chi connectivity index (χ3n) is 7.80. The number of carbonyl (C=O) groups excluding carboxylic acids is 1. The van der Waals surface area contributed by atoms with Crippen LogP contribution in [0.3, 0.4) is 0 Å². The van der Waals surface area contributed by atoms with E-state index in [9.17, 15) is 9.59 Å². The summed E-state index contributed by atoms with van der Waals surface area (Å²) in [6.45, 7) is 10.9. The number of pyridine rings is 2. The first-order valence-electron chi connectivity index (χ1n) is 13.6. The average molecular weight is 504 g/mol. The van der Waals surface area contributed by atoms with Gasteiger partial charge in [-0.2, -0.15) is 4.98 Å². The van der Waals surface area contributed by atoms with Gasteiger partial charge in [0.2, 0.25) is 5.95 Å². The van der Waals surface area contributed by atoms with Crippen molar-refractivity contribution in [2.45, 2.75) is 65.3 Å². The largest absolute Gasteiger partial charge is 0.368 e. The van der Waals surface area contributed by atoms with E-state index in [4.69, 9.17) is 4.98 Å². The molecule has 4 heterocycles. The number of hydrogen-bond acceptors (Lipinski definition) is 8. The topological polar surface area (TPSA) is 96.2 Å². The number of unbranched alkanes of at least 4 members (excludes halogenated alkanes) is 1. The third kappa shape index (κ3) is 5.23. The van der Waals surface area contributed by atoms with Crippen LogP contribution in [0.4, 0.5) is 17.5 Å². The lowest BCUT2D eigenvalue weighted by Gasteiger charge is -2.35. The molecule has 0 amide bonds. The zero-order chi connectivity index (χ0) is 25.9. The van der Waals surface area contributed by atoms with Gasteiger partial charge in [-0.25, -0.2) is 9.97 Å². The van der Waals surface area contributed by atoms with Crippen molar-refractivity contribution in [2.75, 3.05) is 42.9 Å². The van der Waals surface area contributed by atoms with Crippen LogP contribution in [-0.2, 0) is 0 Å². The molecule has 2 aliphatic rings. The van der Waals surface area contributed by atoms with Gasteiger partial charge in [-0.05, 0) is 57.4 Å². The highest BCUT2D eigenvalue weighted by atomic mass is 16.1. The van der Waals surface area contributed by atoms with Crippen molar-refractivity contribution < 1.29 is 4.79 Å². The van der Waals surface area contributed by atoms with Crippen LogP contribution in [0, 0.1) is 6.92 Å². The van der Waals surface area contributed by atoms with Crippen LogP contribution in [0.5, 0.6) is 0 Å². The fourth-order valence-electron chi connectivity index (χ4n) is 5.68. The van der Waals surface area contributed by atoms with Crippen LogP contribution >= 0.6 is 0 Å². The first-order valence-corrected chi connectivity index (χ1v) is 13.6. The number of Topliss-reactive ketones (excluding diaryl/α,β-unsaturated/α-hetero) is 1. The zero-order valence-corrected chi connectivity index (χ0v) is 22.2. The molecule has 1 aliphatic heterocycles. The summed E-state index contributed by atoms with van der Waals surface area (Å²) in [6, 6.07) is 4.08. The molecule has 0 bridgehead atoms. The second-order valence-corrected chi connectivity index (χ2v) is 10.3. The van der Waals surface area contributed by atoms with Crippen LogP contribution in [0.15, 0.2) is 29.3 Å². The number of ketones is 1. The van der Waals surface area contributed by atoms with Crippen molar-refractivity contribution in [1.29, 1.82) is 0 Å². The molecule has 0 atom stereocenters. The maximum absolute atomic E-state index is 13.4. The number of anilines is 3.